The first kappa shape index (κ1) is 17.6. The molecule has 1 saturated carbocycles. The molecule has 0 spiro atoms. The minimum Gasteiger partial charge on any atom is -0.338 e. The number of carbonyl (C=O) groups excluding carboxylic acids is 1. The van der Waals surface area contributed by atoms with Crippen molar-refractivity contribution in [3.63, 3.8) is 0 Å². The molecule has 1 saturated heterocycles. The molecule has 25 heavy (non-hydrogen) atoms. The van der Waals surface area contributed by atoms with Crippen molar-refractivity contribution in [2.24, 2.45) is 17.6 Å². The fourth-order valence-electron chi connectivity index (χ4n) is 4.13. The van der Waals surface area contributed by atoms with Gasteiger partial charge in [-0.05, 0) is 42.9 Å². The molecular formula is C17H19ClN4O3. The molecule has 8 heteroatoms. The highest BCUT2D eigenvalue weighted by molar-refractivity contribution is 6.07. The lowest BCUT2D eigenvalue weighted by atomic mass is 9.98. The molecule has 1 aliphatic heterocycles. The molecule has 1 amide bonds. The van der Waals surface area contributed by atoms with Gasteiger partial charge in [0, 0.05) is 31.4 Å². The number of nitrogens with two attached hydrogens (primary N) is 1. The number of nitrogens with zero attached hydrogens (tertiary/aromatic N) is 3. The van der Waals surface area contributed by atoms with Gasteiger partial charge in [-0.1, -0.05) is 0 Å². The zero-order valence-corrected chi connectivity index (χ0v) is 14.3. The number of amides is 1. The molecule has 3 atom stereocenters. The van der Waals surface area contributed by atoms with Crippen LogP contribution >= 0.6 is 12.4 Å². The molecule has 1 aromatic heterocycles. The number of hydrogen-bond acceptors (Lipinski definition) is 5. The number of fused-ring (bicyclic) bond motifs is 2. The second-order valence-electron chi connectivity index (χ2n) is 6.66. The highest BCUT2D eigenvalue weighted by atomic mass is 35.5. The molecule has 132 valence electrons. The van der Waals surface area contributed by atoms with Crippen molar-refractivity contribution in [2.45, 2.75) is 18.9 Å². The number of carbonyl (C=O) groups is 1. The summed E-state index contributed by atoms with van der Waals surface area (Å²) in [7, 11) is 0. The third-order valence-corrected chi connectivity index (χ3v) is 5.37. The Morgan fingerprint density at radius 2 is 2.08 bits per heavy atom. The smallest absolute Gasteiger partial charge is 0.278 e. The van der Waals surface area contributed by atoms with Gasteiger partial charge >= 0.3 is 0 Å². The van der Waals surface area contributed by atoms with Gasteiger partial charge in [0.15, 0.2) is 0 Å². The first-order valence-electron chi connectivity index (χ1n) is 8.13. The van der Waals surface area contributed by atoms with Crippen LogP contribution in [-0.2, 0) is 0 Å². The Morgan fingerprint density at radius 3 is 2.80 bits per heavy atom. The van der Waals surface area contributed by atoms with Crippen molar-refractivity contribution < 1.29 is 9.72 Å². The lowest BCUT2D eigenvalue weighted by Gasteiger charge is -2.19. The molecular weight excluding hydrogens is 344 g/mol. The average Bonchev–Trinajstić information content (AvgIpc) is 3.15. The minimum absolute atomic E-state index is 0. The second-order valence-corrected chi connectivity index (χ2v) is 6.66. The van der Waals surface area contributed by atoms with Gasteiger partial charge in [-0.15, -0.1) is 12.4 Å². The van der Waals surface area contributed by atoms with Crippen molar-refractivity contribution in [2.75, 3.05) is 13.1 Å². The van der Waals surface area contributed by atoms with Crippen molar-refractivity contribution >= 4 is 34.9 Å². The van der Waals surface area contributed by atoms with Crippen LogP contribution in [0.15, 0.2) is 30.5 Å². The van der Waals surface area contributed by atoms with Crippen molar-refractivity contribution in [1.82, 2.24) is 9.88 Å². The normalized spacial score (nSPS) is 24.8. The second kappa shape index (κ2) is 6.57. The van der Waals surface area contributed by atoms with E-state index in [4.69, 9.17) is 5.73 Å². The number of nitro benzene ring substituents is 1. The Hall–Kier alpha value is -2.25. The maximum Gasteiger partial charge on any atom is 0.278 e. The number of rotatable bonds is 2. The number of benzene rings is 1. The lowest BCUT2D eigenvalue weighted by Crippen LogP contribution is -2.33. The van der Waals surface area contributed by atoms with Gasteiger partial charge in [-0.2, -0.15) is 0 Å². The molecule has 7 nitrogen and oxygen atoms in total. The number of hydrogen-bond donors (Lipinski definition) is 1. The maximum atomic E-state index is 13.0. The van der Waals surface area contributed by atoms with Crippen LogP contribution in [0.3, 0.4) is 0 Å². The van der Waals surface area contributed by atoms with E-state index in [2.05, 4.69) is 4.98 Å². The van der Waals surface area contributed by atoms with Gasteiger partial charge in [0.1, 0.15) is 0 Å². The molecule has 2 heterocycles. The standard InChI is InChI=1S/C17H18N4O3.ClH/c18-14-5-3-10-8-20(9-13(10)14)17(22)12-4-6-15(21(23)24)11-2-1-7-19-16(11)12;/h1-2,4,6-7,10,13-14H,3,5,8-9,18H2;1H. The first-order chi connectivity index (χ1) is 11.6. The van der Waals surface area contributed by atoms with Crippen LogP contribution in [0.4, 0.5) is 5.69 Å². The Morgan fingerprint density at radius 1 is 1.28 bits per heavy atom. The largest absolute Gasteiger partial charge is 0.338 e. The number of non-ortho nitro benzene ring substituents is 1. The van der Waals surface area contributed by atoms with Crippen LogP contribution in [0.1, 0.15) is 23.2 Å². The monoisotopic (exact) mass is 362 g/mol. The van der Waals surface area contributed by atoms with Crippen LogP contribution in [0, 0.1) is 22.0 Å². The predicted octanol–water partition coefficient (Wildman–Crippen LogP) is 2.37. The Labute approximate surface area is 150 Å². The van der Waals surface area contributed by atoms with Crippen LogP contribution in [-0.4, -0.2) is 39.8 Å². The van der Waals surface area contributed by atoms with E-state index in [0.29, 0.717) is 41.4 Å². The molecule has 2 aromatic rings. The molecule has 1 aliphatic carbocycles. The summed E-state index contributed by atoms with van der Waals surface area (Å²) in [6.45, 7) is 1.37. The molecule has 2 fully saturated rings. The summed E-state index contributed by atoms with van der Waals surface area (Å²) < 4.78 is 0. The highest BCUT2D eigenvalue weighted by Gasteiger charge is 2.42. The van der Waals surface area contributed by atoms with Crippen molar-refractivity contribution in [1.29, 1.82) is 0 Å². The zero-order valence-electron chi connectivity index (χ0n) is 13.5. The van der Waals surface area contributed by atoms with Crippen LogP contribution < -0.4 is 5.73 Å². The summed E-state index contributed by atoms with van der Waals surface area (Å²) in [5.74, 6) is 0.725. The highest BCUT2D eigenvalue weighted by Crippen LogP contribution is 2.38. The van der Waals surface area contributed by atoms with E-state index >= 15 is 0 Å². The molecule has 2 aliphatic rings. The Bertz CT molecular complexity index is 844. The van der Waals surface area contributed by atoms with Gasteiger partial charge in [0.25, 0.3) is 11.6 Å². The molecule has 4 rings (SSSR count). The Kier molecular flexibility index (Phi) is 4.62. The zero-order chi connectivity index (χ0) is 16.8. The number of likely N-dealkylation sites (tertiary alicyclic amines) is 1. The molecule has 0 bridgehead atoms. The average molecular weight is 363 g/mol. The van der Waals surface area contributed by atoms with Crippen LogP contribution in [0.2, 0.25) is 0 Å². The molecule has 1 aromatic carbocycles. The Balaban J connectivity index is 0.00000182. The summed E-state index contributed by atoms with van der Waals surface area (Å²) in [6, 6.07) is 6.35. The van der Waals surface area contributed by atoms with Crippen molar-refractivity contribution in [3.8, 4) is 0 Å². The number of nitro groups is 1. The summed E-state index contributed by atoms with van der Waals surface area (Å²) in [4.78, 5) is 29.7. The summed E-state index contributed by atoms with van der Waals surface area (Å²) in [6.07, 6.45) is 3.64. The number of pyridine rings is 1. The van der Waals surface area contributed by atoms with E-state index in [0.717, 1.165) is 12.8 Å². The molecule has 0 radical (unpaired) electrons. The van der Waals surface area contributed by atoms with Crippen LogP contribution in [0.25, 0.3) is 10.9 Å². The predicted molar refractivity (Wildman–Crippen MR) is 95.7 cm³/mol. The van der Waals surface area contributed by atoms with Gasteiger partial charge in [0.05, 0.1) is 21.4 Å². The van der Waals surface area contributed by atoms with Crippen molar-refractivity contribution in [3.05, 3.63) is 46.1 Å². The summed E-state index contributed by atoms with van der Waals surface area (Å²) >= 11 is 0. The van der Waals surface area contributed by atoms with Gasteiger partial charge in [-0.25, -0.2) is 0 Å². The summed E-state index contributed by atoms with van der Waals surface area (Å²) in [5.41, 5.74) is 6.92. The molecule has 3 unspecified atom stereocenters. The van der Waals surface area contributed by atoms with E-state index in [1.165, 1.54) is 12.1 Å². The number of halogens is 1. The van der Waals surface area contributed by atoms with E-state index in [1.807, 2.05) is 4.90 Å². The topological polar surface area (TPSA) is 102 Å². The fourth-order valence-corrected chi connectivity index (χ4v) is 4.13. The SMILES string of the molecule is Cl.NC1CCC2CN(C(=O)c3ccc([N+](=O)[O-])c4cccnc34)CC12. The van der Waals surface area contributed by atoms with Gasteiger partial charge in [-0.3, -0.25) is 19.9 Å². The molecule has 2 N–H and O–H groups in total. The fraction of sp³-hybridized carbons (Fsp3) is 0.412. The van der Waals surface area contributed by atoms with Gasteiger partial charge < -0.3 is 10.6 Å². The number of aromatic nitrogens is 1. The third-order valence-electron chi connectivity index (χ3n) is 5.37. The van der Waals surface area contributed by atoms with E-state index in [-0.39, 0.29) is 30.0 Å². The van der Waals surface area contributed by atoms with E-state index in [1.54, 1.807) is 18.3 Å². The lowest BCUT2D eigenvalue weighted by molar-refractivity contribution is -0.383. The van der Waals surface area contributed by atoms with E-state index < -0.39 is 4.92 Å². The first-order valence-corrected chi connectivity index (χ1v) is 8.13. The van der Waals surface area contributed by atoms with Crippen LogP contribution in [0.5, 0.6) is 0 Å². The third kappa shape index (κ3) is 2.83. The maximum absolute atomic E-state index is 13.0. The van der Waals surface area contributed by atoms with E-state index in [9.17, 15) is 14.9 Å². The quantitative estimate of drug-likeness (QED) is 0.652. The van der Waals surface area contributed by atoms with Gasteiger partial charge in [0.2, 0.25) is 0 Å². The minimum atomic E-state index is -0.447. The summed E-state index contributed by atoms with van der Waals surface area (Å²) in [5, 5.41) is 11.6.